The Kier molecular flexibility index (Phi) is 32.1. The van der Waals surface area contributed by atoms with Crippen molar-refractivity contribution in [2.75, 3.05) is 0 Å². The Hall–Kier alpha value is -0.600. The molecule has 0 rings (SSSR count). The first kappa shape index (κ1) is 37.4. The standard InChI is InChI=1S/C36H72N2/c1-3-5-7-9-11-13-15-17-19-21-23-25-27-29-31-33-35(37)36(38)34-32-30-28-26-24-22-20-18-16-14-12-10-8-6-4-2/h17-20,35-36H,3-16,21-34,37-38H2,1-2H3/b19-17-,20-18-. The van der Waals surface area contributed by atoms with Gasteiger partial charge in [0.25, 0.3) is 0 Å². The molecule has 38 heavy (non-hydrogen) atoms. The van der Waals surface area contributed by atoms with Crippen molar-refractivity contribution < 1.29 is 0 Å². The Balaban J connectivity index is 3.36. The van der Waals surface area contributed by atoms with Gasteiger partial charge in [-0.2, -0.15) is 0 Å². The molecule has 226 valence electrons. The van der Waals surface area contributed by atoms with Crippen LogP contribution in [0.5, 0.6) is 0 Å². The molecule has 0 saturated heterocycles. The quantitative estimate of drug-likeness (QED) is 0.0688. The molecule has 0 heterocycles. The first-order valence-electron chi connectivity index (χ1n) is 17.5. The fraction of sp³-hybridized carbons (Fsp3) is 0.889. The molecule has 4 N–H and O–H groups in total. The van der Waals surface area contributed by atoms with Crippen molar-refractivity contribution in [3.63, 3.8) is 0 Å². The average Bonchev–Trinajstić information content (AvgIpc) is 2.92. The van der Waals surface area contributed by atoms with E-state index in [0.29, 0.717) is 0 Å². The SMILES string of the molecule is CCCCCCCC/C=C\CCCCCCCC(N)C(N)CCCCCCC/C=C\CCCCCCCC. The summed E-state index contributed by atoms with van der Waals surface area (Å²) < 4.78 is 0. The summed E-state index contributed by atoms with van der Waals surface area (Å²) in [5, 5.41) is 0. The molecule has 0 aromatic carbocycles. The normalized spacial score (nSPS) is 13.7. The smallest absolute Gasteiger partial charge is 0.0192 e. The highest BCUT2D eigenvalue weighted by molar-refractivity contribution is 4.82. The molecular weight excluding hydrogens is 460 g/mol. The maximum Gasteiger partial charge on any atom is 0.0192 e. The van der Waals surface area contributed by atoms with E-state index in [1.807, 2.05) is 0 Å². The van der Waals surface area contributed by atoms with Gasteiger partial charge in [-0.05, 0) is 64.2 Å². The minimum atomic E-state index is 0.191. The molecule has 2 unspecified atom stereocenters. The van der Waals surface area contributed by atoms with Gasteiger partial charge in [-0.25, -0.2) is 0 Å². The molecule has 0 aromatic rings. The molecular formula is C36H72N2. The number of allylic oxidation sites excluding steroid dienone is 4. The van der Waals surface area contributed by atoms with Gasteiger partial charge >= 0.3 is 0 Å². The van der Waals surface area contributed by atoms with Crippen LogP contribution in [0.15, 0.2) is 24.3 Å². The number of hydrogen-bond donors (Lipinski definition) is 2. The lowest BCUT2D eigenvalue weighted by Crippen LogP contribution is -2.41. The number of hydrogen-bond acceptors (Lipinski definition) is 2. The topological polar surface area (TPSA) is 52.0 Å². The van der Waals surface area contributed by atoms with Crippen molar-refractivity contribution >= 4 is 0 Å². The molecule has 2 atom stereocenters. The third kappa shape index (κ3) is 29.9. The first-order chi connectivity index (χ1) is 18.7. The van der Waals surface area contributed by atoms with Gasteiger partial charge in [0.05, 0.1) is 0 Å². The van der Waals surface area contributed by atoms with E-state index in [1.54, 1.807) is 0 Å². The molecule has 0 aliphatic carbocycles. The highest BCUT2D eigenvalue weighted by Gasteiger charge is 2.12. The van der Waals surface area contributed by atoms with Crippen LogP contribution in [0, 0.1) is 0 Å². The van der Waals surface area contributed by atoms with Crippen LogP contribution in [0.3, 0.4) is 0 Å². The van der Waals surface area contributed by atoms with Gasteiger partial charge in [0.15, 0.2) is 0 Å². The van der Waals surface area contributed by atoms with E-state index < -0.39 is 0 Å². The summed E-state index contributed by atoms with van der Waals surface area (Å²) in [6, 6.07) is 0.383. The average molecular weight is 533 g/mol. The molecule has 0 spiro atoms. The Morgan fingerprint density at radius 3 is 0.868 bits per heavy atom. The molecule has 0 fully saturated rings. The zero-order valence-corrected chi connectivity index (χ0v) is 26.4. The van der Waals surface area contributed by atoms with E-state index in [2.05, 4.69) is 38.2 Å². The third-order valence-corrected chi connectivity index (χ3v) is 8.15. The molecule has 0 radical (unpaired) electrons. The Bertz CT molecular complexity index is 440. The minimum absolute atomic E-state index is 0.191. The van der Waals surface area contributed by atoms with Crippen LogP contribution in [0.25, 0.3) is 0 Å². The first-order valence-corrected chi connectivity index (χ1v) is 17.5. The van der Waals surface area contributed by atoms with Crippen molar-refractivity contribution in [2.24, 2.45) is 11.5 Å². The van der Waals surface area contributed by atoms with Gasteiger partial charge in [0.2, 0.25) is 0 Å². The summed E-state index contributed by atoms with van der Waals surface area (Å²) in [6.07, 6.45) is 46.9. The highest BCUT2D eigenvalue weighted by Crippen LogP contribution is 2.14. The number of unbranched alkanes of at least 4 members (excludes halogenated alkanes) is 22. The fourth-order valence-corrected chi connectivity index (χ4v) is 5.33. The summed E-state index contributed by atoms with van der Waals surface area (Å²) in [6.45, 7) is 4.57. The van der Waals surface area contributed by atoms with Gasteiger partial charge < -0.3 is 11.5 Å². The Labute approximate surface area is 241 Å². The van der Waals surface area contributed by atoms with Crippen molar-refractivity contribution in [1.82, 2.24) is 0 Å². The van der Waals surface area contributed by atoms with Crippen molar-refractivity contribution in [1.29, 1.82) is 0 Å². The van der Waals surface area contributed by atoms with Gasteiger partial charge in [0, 0.05) is 12.1 Å². The van der Waals surface area contributed by atoms with Crippen molar-refractivity contribution in [3.05, 3.63) is 24.3 Å². The molecule has 0 bridgehead atoms. The molecule has 0 aromatic heterocycles. The van der Waals surface area contributed by atoms with Crippen LogP contribution in [0.4, 0.5) is 0 Å². The number of rotatable bonds is 31. The molecule has 2 heteroatoms. The van der Waals surface area contributed by atoms with E-state index in [9.17, 15) is 0 Å². The molecule has 0 saturated carbocycles. The van der Waals surface area contributed by atoms with E-state index in [1.165, 1.54) is 167 Å². The Morgan fingerprint density at radius 2 is 0.579 bits per heavy atom. The van der Waals surface area contributed by atoms with Crippen LogP contribution in [0.1, 0.15) is 194 Å². The van der Waals surface area contributed by atoms with Gasteiger partial charge in [0.1, 0.15) is 0 Å². The zero-order valence-electron chi connectivity index (χ0n) is 26.4. The zero-order chi connectivity index (χ0) is 27.8. The number of nitrogens with two attached hydrogens (primary N) is 2. The summed E-state index contributed by atoms with van der Waals surface area (Å²) in [5.41, 5.74) is 12.8. The van der Waals surface area contributed by atoms with Crippen molar-refractivity contribution in [2.45, 2.75) is 206 Å². The lowest BCUT2D eigenvalue weighted by Gasteiger charge is -2.19. The van der Waals surface area contributed by atoms with Crippen LogP contribution in [0.2, 0.25) is 0 Å². The molecule has 0 aliphatic rings. The van der Waals surface area contributed by atoms with Crippen LogP contribution < -0.4 is 11.5 Å². The molecule has 2 nitrogen and oxygen atoms in total. The van der Waals surface area contributed by atoms with E-state index in [-0.39, 0.29) is 12.1 Å². The summed E-state index contributed by atoms with van der Waals surface area (Å²) in [4.78, 5) is 0. The van der Waals surface area contributed by atoms with Gasteiger partial charge in [-0.15, -0.1) is 0 Å². The predicted octanol–water partition coefficient (Wildman–Crippen LogP) is 11.7. The lowest BCUT2D eigenvalue weighted by atomic mass is 9.97. The Morgan fingerprint density at radius 1 is 0.342 bits per heavy atom. The largest absolute Gasteiger partial charge is 0.326 e. The molecule has 0 aliphatic heterocycles. The maximum absolute atomic E-state index is 6.39. The second-order valence-corrected chi connectivity index (χ2v) is 12.1. The maximum atomic E-state index is 6.39. The predicted molar refractivity (Wildman–Crippen MR) is 175 cm³/mol. The fourth-order valence-electron chi connectivity index (χ4n) is 5.33. The van der Waals surface area contributed by atoms with E-state index in [0.717, 1.165) is 12.8 Å². The lowest BCUT2D eigenvalue weighted by molar-refractivity contribution is 0.430. The summed E-state index contributed by atoms with van der Waals surface area (Å²) in [5.74, 6) is 0. The van der Waals surface area contributed by atoms with Crippen LogP contribution in [-0.2, 0) is 0 Å². The monoisotopic (exact) mass is 533 g/mol. The second kappa shape index (κ2) is 32.6. The molecule has 0 amide bonds. The van der Waals surface area contributed by atoms with Crippen LogP contribution >= 0.6 is 0 Å². The summed E-state index contributed by atoms with van der Waals surface area (Å²) >= 11 is 0. The van der Waals surface area contributed by atoms with E-state index >= 15 is 0 Å². The van der Waals surface area contributed by atoms with Gasteiger partial charge in [-0.1, -0.05) is 154 Å². The van der Waals surface area contributed by atoms with E-state index in [4.69, 9.17) is 11.5 Å². The second-order valence-electron chi connectivity index (χ2n) is 12.1. The summed E-state index contributed by atoms with van der Waals surface area (Å²) in [7, 11) is 0. The van der Waals surface area contributed by atoms with Crippen LogP contribution in [-0.4, -0.2) is 12.1 Å². The van der Waals surface area contributed by atoms with Gasteiger partial charge in [-0.3, -0.25) is 0 Å². The minimum Gasteiger partial charge on any atom is -0.326 e. The van der Waals surface area contributed by atoms with Crippen molar-refractivity contribution in [3.8, 4) is 0 Å². The highest BCUT2D eigenvalue weighted by atomic mass is 14.8. The third-order valence-electron chi connectivity index (χ3n) is 8.15.